The third kappa shape index (κ3) is 4.28. The van der Waals surface area contributed by atoms with E-state index in [2.05, 4.69) is 0 Å². The number of sulfonamides is 1. The maximum Gasteiger partial charge on any atom is 0.272 e. The van der Waals surface area contributed by atoms with Crippen LogP contribution in [0.15, 0.2) is 66.7 Å². The molecule has 0 unspecified atom stereocenters. The van der Waals surface area contributed by atoms with Crippen molar-refractivity contribution in [3.63, 3.8) is 0 Å². The van der Waals surface area contributed by atoms with E-state index in [1.165, 1.54) is 43.5 Å². The Labute approximate surface area is 201 Å². The number of hydrogen-bond donors (Lipinski definition) is 0. The van der Waals surface area contributed by atoms with E-state index in [0.717, 1.165) is 11.0 Å². The number of carbonyl (C=O) groups excluding carboxylic acids is 3. The van der Waals surface area contributed by atoms with Crippen LogP contribution in [0.3, 0.4) is 0 Å². The van der Waals surface area contributed by atoms with E-state index in [1.807, 2.05) is 0 Å². The number of halogens is 1. The Kier molecular flexibility index (Phi) is 6.40. The van der Waals surface area contributed by atoms with Gasteiger partial charge < -0.3 is 4.74 Å². The van der Waals surface area contributed by atoms with Crippen LogP contribution in [0.2, 0.25) is 0 Å². The van der Waals surface area contributed by atoms with Gasteiger partial charge in [-0.15, -0.1) is 0 Å². The Morgan fingerprint density at radius 3 is 2.09 bits per heavy atom. The number of nitrogens with zero attached hydrogens (tertiary/aromatic N) is 2. The zero-order chi connectivity index (χ0) is 25.3. The van der Waals surface area contributed by atoms with Crippen LogP contribution < -0.4 is 13.9 Å². The molecule has 1 aliphatic heterocycles. The second kappa shape index (κ2) is 9.30. The molecule has 0 aliphatic carbocycles. The van der Waals surface area contributed by atoms with Gasteiger partial charge in [-0.25, -0.2) is 22.0 Å². The fourth-order valence-electron chi connectivity index (χ4n) is 3.83. The Morgan fingerprint density at radius 2 is 1.57 bits per heavy atom. The summed E-state index contributed by atoms with van der Waals surface area (Å²) in [5.41, 5.74) is 0.575. The normalized spacial score (nSPS) is 13.1. The maximum absolute atomic E-state index is 14.3. The summed E-state index contributed by atoms with van der Waals surface area (Å²) in [5.74, 6) is -3.15. The molecular weight excluding hydrogens is 475 g/mol. The molecule has 1 heterocycles. The van der Waals surface area contributed by atoms with E-state index in [-0.39, 0.29) is 46.0 Å². The highest BCUT2D eigenvalue weighted by atomic mass is 32.2. The molecule has 35 heavy (non-hydrogen) atoms. The van der Waals surface area contributed by atoms with Crippen LogP contribution in [0.4, 0.5) is 15.8 Å². The van der Waals surface area contributed by atoms with Gasteiger partial charge in [-0.2, -0.15) is 0 Å². The minimum absolute atomic E-state index is 0.0266. The van der Waals surface area contributed by atoms with Gasteiger partial charge in [0.1, 0.15) is 0 Å². The van der Waals surface area contributed by atoms with E-state index in [9.17, 15) is 27.2 Å². The number of fused-ring (bicyclic) bond motifs is 1. The van der Waals surface area contributed by atoms with Crippen molar-refractivity contribution < 1.29 is 31.9 Å². The monoisotopic (exact) mass is 496 g/mol. The average molecular weight is 497 g/mol. The molecule has 0 N–H and O–H groups in total. The van der Waals surface area contributed by atoms with E-state index < -0.39 is 33.6 Å². The highest BCUT2D eigenvalue weighted by Gasteiger charge is 2.36. The lowest BCUT2D eigenvalue weighted by atomic mass is 10.1. The predicted octanol–water partition coefficient (Wildman–Crippen LogP) is 4.02. The highest BCUT2D eigenvalue weighted by Crippen LogP contribution is 2.30. The SMILES string of the molecule is CCCS(=O)(=O)N(C(=O)c1ccc(N2C(=O)c3ccccc3C2=O)cc1)c1ccc(OC)c(F)c1. The van der Waals surface area contributed by atoms with Crippen LogP contribution in [-0.4, -0.2) is 39.0 Å². The van der Waals surface area contributed by atoms with Gasteiger partial charge in [0.15, 0.2) is 11.6 Å². The number of methoxy groups -OCH3 is 1. The molecule has 0 spiro atoms. The van der Waals surface area contributed by atoms with Crippen molar-refractivity contribution in [2.24, 2.45) is 0 Å². The molecule has 0 fully saturated rings. The topological polar surface area (TPSA) is 101 Å². The van der Waals surface area contributed by atoms with Gasteiger partial charge in [-0.05, 0) is 55.0 Å². The van der Waals surface area contributed by atoms with Gasteiger partial charge in [-0.1, -0.05) is 19.1 Å². The second-order valence-electron chi connectivity index (χ2n) is 7.74. The molecule has 0 radical (unpaired) electrons. The van der Waals surface area contributed by atoms with Gasteiger partial charge in [0.2, 0.25) is 10.0 Å². The van der Waals surface area contributed by atoms with Crippen LogP contribution >= 0.6 is 0 Å². The van der Waals surface area contributed by atoms with Gasteiger partial charge >= 0.3 is 0 Å². The van der Waals surface area contributed by atoms with Crippen molar-refractivity contribution in [2.45, 2.75) is 13.3 Å². The number of amides is 3. The van der Waals surface area contributed by atoms with E-state index in [0.29, 0.717) is 4.31 Å². The number of hydrogen-bond acceptors (Lipinski definition) is 6. The van der Waals surface area contributed by atoms with E-state index in [4.69, 9.17) is 4.74 Å². The first-order valence-corrected chi connectivity index (χ1v) is 12.3. The summed E-state index contributed by atoms with van der Waals surface area (Å²) in [6, 6.07) is 15.2. The lowest BCUT2D eigenvalue weighted by Crippen LogP contribution is -2.38. The molecular formula is C25H21FN2O6S. The third-order valence-electron chi connectivity index (χ3n) is 5.46. The minimum Gasteiger partial charge on any atom is -0.494 e. The van der Waals surface area contributed by atoms with Crippen molar-refractivity contribution in [2.75, 3.05) is 22.1 Å². The Morgan fingerprint density at radius 1 is 0.971 bits per heavy atom. The molecule has 0 saturated heterocycles. The molecule has 3 aromatic rings. The fraction of sp³-hybridized carbons (Fsp3) is 0.160. The average Bonchev–Trinajstić information content (AvgIpc) is 3.09. The molecule has 180 valence electrons. The summed E-state index contributed by atoms with van der Waals surface area (Å²) in [7, 11) is -2.86. The third-order valence-corrected chi connectivity index (χ3v) is 7.32. The van der Waals surface area contributed by atoms with Crippen LogP contribution in [0.1, 0.15) is 44.4 Å². The molecule has 10 heteroatoms. The lowest BCUT2D eigenvalue weighted by molar-refractivity contribution is 0.0925. The summed E-state index contributed by atoms with van der Waals surface area (Å²) >= 11 is 0. The molecule has 8 nitrogen and oxygen atoms in total. The van der Waals surface area contributed by atoms with E-state index in [1.54, 1.807) is 31.2 Å². The first-order valence-electron chi connectivity index (χ1n) is 10.7. The zero-order valence-electron chi connectivity index (χ0n) is 18.9. The summed E-state index contributed by atoms with van der Waals surface area (Å²) in [6.07, 6.45) is 0.240. The van der Waals surface area contributed by atoms with Crippen LogP contribution in [-0.2, 0) is 10.0 Å². The second-order valence-corrected chi connectivity index (χ2v) is 9.68. The van der Waals surface area contributed by atoms with Crippen LogP contribution in [0, 0.1) is 5.82 Å². The molecule has 0 aromatic heterocycles. The fourth-order valence-corrected chi connectivity index (χ4v) is 5.32. The van der Waals surface area contributed by atoms with E-state index >= 15 is 0 Å². The lowest BCUT2D eigenvalue weighted by Gasteiger charge is -2.23. The minimum atomic E-state index is -4.13. The molecule has 4 rings (SSSR count). The molecule has 3 aromatic carbocycles. The summed E-state index contributed by atoms with van der Waals surface area (Å²) < 4.78 is 45.7. The first kappa shape index (κ1) is 24.1. The van der Waals surface area contributed by atoms with Gasteiger partial charge in [0.05, 0.1) is 35.4 Å². The number of ether oxygens (including phenoxy) is 1. The number of anilines is 2. The largest absolute Gasteiger partial charge is 0.494 e. The zero-order valence-corrected chi connectivity index (χ0v) is 19.7. The predicted molar refractivity (Wildman–Crippen MR) is 128 cm³/mol. The Hall–Kier alpha value is -4.05. The van der Waals surface area contributed by atoms with Crippen molar-refractivity contribution in [1.82, 2.24) is 0 Å². The molecule has 0 atom stereocenters. The van der Waals surface area contributed by atoms with Gasteiger partial charge in [0.25, 0.3) is 17.7 Å². The Bertz CT molecular complexity index is 1400. The number of benzene rings is 3. The highest BCUT2D eigenvalue weighted by molar-refractivity contribution is 7.93. The standard InChI is InChI=1S/C25H21FN2O6S/c1-3-14-35(32,33)28(18-12-13-22(34-2)21(26)15-18)23(29)16-8-10-17(11-9-16)27-24(30)19-6-4-5-7-20(19)25(27)31/h4-13,15H,3,14H2,1-2H3. The quantitative estimate of drug-likeness (QED) is 0.458. The molecule has 0 bridgehead atoms. The molecule has 3 amide bonds. The first-order chi connectivity index (χ1) is 16.7. The maximum atomic E-state index is 14.3. The van der Waals surface area contributed by atoms with Crippen LogP contribution in [0.25, 0.3) is 0 Å². The summed E-state index contributed by atoms with van der Waals surface area (Å²) in [6.45, 7) is 1.64. The summed E-state index contributed by atoms with van der Waals surface area (Å²) in [5, 5.41) is 0. The number of carbonyl (C=O) groups is 3. The van der Waals surface area contributed by atoms with Crippen LogP contribution in [0.5, 0.6) is 5.75 Å². The van der Waals surface area contributed by atoms with Crippen molar-refractivity contribution >= 4 is 39.1 Å². The number of rotatable bonds is 7. The smallest absolute Gasteiger partial charge is 0.272 e. The van der Waals surface area contributed by atoms with Gasteiger partial charge in [0, 0.05) is 11.6 Å². The van der Waals surface area contributed by atoms with Crippen molar-refractivity contribution in [3.05, 3.63) is 89.2 Å². The molecule has 0 saturated carbocycles. The Balaban J connectivity index is 1.69. The molecule has 1 aliphatic rings. The number of imide groups is 1. The van der Waals surface area contributed by atoms with Crippen molar-refractivity contribution in [3.8, 4) is 5.75 Å². The van der Waals surface area contributed by atoms with Gasteiger partial charge in [-0.3, -0.25) is 14.4 Å². The van der Waals surface area contributed by atoms with Crippen molar-refractivity contribution in [1.29, 1.82) is 0 Å². The summed E-state index contributed by atoms with van der Waals surface area (Å²) in [4.78, 5) is 39.7.